The second-order valence-electron chi connectivity index (χ2n) is 4.69. The summed E-state index contributed by atoms with van der Waals surface area (Å²) >= 11 is 0. The second-order valence-corrected chi connectivity index (χ2v) is 4.69. The lowest BCUT2D eigenvalue weighted by atomic mass is 10.2. The van der Waals surface area contributed by atoms with Crippen molar-refractivity contribution >= 4 is 17.8 Å². The normalized spacial score (nSPS) is 22.1. The highest BCUT2D eigenvalue weighted by Crippen LogP contribution is 2.19. The molecule has 1 aromatic rings. The summed E-state index contributed by atoms with van der Waals surface area (Å²) in [4.78, 5) is 30.3. The van der Waals surface area contributed by atoms with Crippen molar-refractivity contribution in [1.29, 1.82) is 0 Å². The number of piperazine rings is 1. The Morgan fingerprint density at radius 3 is 2.95 bits per heavy atom. The molecule has 1 aromatic heterocycles. The minimum Gasteiger partial charge on any atom is -0.478 e. The van der Waals surface area contributed by atoms with Crippen molar-refractivity contribution in [2.45, 2.75) is 6.04 Å². The first-order valence-corrected chi connectivity index (χ1v) is 6.14. The van der Waals surface area contributed by atoms with E-state index in [-0.39, 0.29) is 17.6 Å². The molecule has 2 aliphatic rings. The van der Waals surface area contributed by atoms with Gasteiger partial charge in [-0.3, -0.25) is 0 Å². The van der Waals surface area contributed by atoms with Gasteiger partial charge in [0.2, 0.25) is 0 Å². The van der Waals surface area contributed by atoms with Crippen molar-refractivity contribution < 1.29 is 14.7 Å². The van der Waals surface area contributed by atoms with Crippen LogP contribution in [0.2, 0.25) is 0 Å². The van der Waals surface area contributed by atoms with Crippen LogP contribution in [0.25, 0.3) is 0 Å². The van der Waals surface area contributed by atoms with Crippen molar-refractivity contribution in [2.75, 3.05) is 31.1 Å². The molecular formula is C12H14N4O3. The van der Waals surface area contributed by atoms with Crippen molar-refractivity contribution in [3.63, 3.8) is 0 Å². The van der Waals surface area contributed by atoms with Gasteiger partial charge in [0.25, 0.3) is 0 Å². The molecule has 0 saturated carbocycles. The number of urea groups is 1. The van der Waals surface area contributed by atoms with Gasteiger partial charge in [0.05, 0.1) is 11.6 Å². The maximum atomic E-state index is 11.5. The van der Waals surface area contributed by atoms with E-state index in [1.807, 2.05) is 4.90 Å². The predicted octanol–water partition coefficient (Wildman–Crippen LogP) is -0.00640. The number of anilines is 1. The monoisotopic (exact) mass is 262 g/mol. The summed E-state index contributed by atoms with van der Waals surface area (Å²) in [6, 6.07) is 3.43. The molecule has 7 nitrogen and oxygen atoms in total. The molecule has 1 atom stereocenters. The van der Waals surface area contributed by atoms with E-state index < -0.39 is 5.97 Å². The first kappa shape index (κ1) is 11.8. The summed E-state index contributed by atoms with van der Waals surface area (Å²) in [6.07, 6.45) is 1.36. The van der Waals surface area contributed by atoms with E-state index in [1.165, 1.54) is 6.20 Å². The number of nitrogens with zero attached hydrogens (tertiary/aromatic N) is 3. The Kier molecular flexibility index (Phi) is 2.73. The third-order valence-electron chi connectivity index (χ3n) is 3.55. The molecule has 2 N–H and O–H groups in total. The van der Waals surface area contributed by atoms with Gasteiger partial charge >= 0.3 is 12.0 Å². The number of hydrogen-bond donors (Lipinski definition) is 2. The quantitative estimate of drug-likeness (QED) is 0.783. The van der Waals surface area contributed by atoms with Crippen LogP contribution in [-0.4, -0.2) is 59.2 Å². The van der Waals surface area contributed by atoms with Crippen molar-refractivity contribution in [1.82, 2.24) is 15.2 Å². The Bertz CT molecular complexity index is 516. The number of aromatic carboxylic acids is 1. The molecule has 0 spiro atoms. The molecule has 3 heterocycles. The molecule has 0 aromatic carbocycles. The number of carbonyl (C=O) groups is 2. The Labute approximate surface area is 109 Å². The van der Waals surface area contributed by atoms with Gasteiger partial charge in [-0.2, -0.15) is 0 Å². The van der Waals surface area contributed by atoms with Crippen molar-refractivity contribution in [3.8, 4) is 0 Å². The van der Waals surface area contributed by atoms with Crippen LogP contribution < -0.4 is 10.2 Å². The zero-order valence-electron chi connectivity index (χ0n) is 10.2. The third-order valence-corrected chi connectivity index (χ3v) is 3.55. The number of hydrogen-bond acceptors (Lipinski definition) is 4. The Morgan fingerprint density at radius 1 is 1.42 bits per heavy atom. The van der Waals surface area contributed by atoms with Crippen LogP contribution in [0.3, 0.4) is 0 Å². The number of pyridine rings is 1. The molecule has 2 saturated heterocycles. The molecule has 19 heavy (non-hydrogen) atoms. The highest BCUT2D eigenvalue weighted by atomic mass is 16.4. The summed E-state index contributed by atoms with van der Waals surface area (Å²) in [5, 5.41) is 11.7. The average Bonchev–Trinajstić information content (AvgIpc) is 2.80. The number of carbonyl (C=O) groups excluding carboxylic acids is 1. The van der Waals surface area contributed by atoms with Gasteiger partial charge in [-0.1, -0.05) is 0 Å². The van der Waals surface area contributed by atoms with E-state index in [2.05, 4.69) is 15.2 Å². The van der Waals surface area contributed by atoms with E-state index in [0.717, 1.165) is 12.4 Å². The molecule has 2 amide bonds. The van der Waals surface area contributed by atoms with Crippen LogP contribution in [0.15, 0.2) is 18.3 Å². The predicted molar refractivity (Wildman–Crippen MR) is 67.3 cm³/mol. The number of amides is 2. The highest BCUT2D eigenvalue weighted by Gasteiger charge is 2.35. The molecule has 1 unspecified atom stereocenters. The van der Waals surface area contributed by atoms with Gasteiger partial charge in [0, 0.05) is 32.4 Å². The highest BCUT2D eigenvalue weighted by molar-refractivity contribution is 5.87. The van der Waals surface area contributed by atoms with Gasteiger partial charge in [-0.05, 0) is 12.1 Å². The first-order valence-electron chi connectivity index (χ1n) is 6.14. The van der Waals surface area contributed by atoms with Gasteiger partial charge in [0.15, 0.2) is 0 Å². The number of fused-ring (bicyclic) bond motifs is 1. The van der Waals surface area contributed by atoms with E-state index in [4.69, 9.17) is 5.11 Å². The zero-order valence-corrected chi connectivity index (χ0v) is 10.2. The summed E-state index contributed by atoms with van der Waals surface area (Å²) in [7, 11) is 0. The number of aromatic nitrogens is 1. The fraction of sp³-hybridized carbons (Fsp3) is 0.417. The molecule has 100 valence electrons. The van der Waals surface area contributed by atoms with Gasteiger partial charge in [-0.25, -0.2) is 14.6 Å². The van der Waals surface area contributed by atoms with Crippen LogP contribution in [0, 0.1) is 0 Å². The molecule has 7 heteroatoms. The van der Waals surface area contributed by atoms with Crippen molar-refractivity contribution in [3.05, 3.63) is 23.9 Å². The molecule has 0 aliphatic carbocycles. The lowest BCUT2D eigenvalue weighted by Crippen LogP contribution is -2.52. The fourth-order valence-electron chi connectivity index (χ4n) is 2.51. The van der Waals surface area contributed by atoms with Crippen LogP contribution in [0.5, 0.6) is 0 Å². The maximum absolute atomic E-state index is 11.5. The lowest BCUT2D eigenvalue weighted by Gasteiger charge is -2.37. The third kappa shape index (κ3) is 2.07. The molecule has 2 aliphatic heterocycles. The molecule has 0 bridgehead atoms. The maximum Gasteiger partial charge on any atom is 0.337 e. The van der Waals surface area contributed by atoms with Crippen molar-refractivity contribution in [2.24, 2.45) is 0 Å². The molecular weight excluding hydrogens is 248 g/mol. The largest absolute Gasteiger partial charge is 0.478 e. The van der Waals surface area contributed by atoms with Gasteiger partial charge < -0.3 is 20.2 Å². The number of rotatable bonds is 2. The minimum absolute atomic E-state index is 0.00108. The summed E-state index contributed by atoms with van der Waals surface area (Å²) < 4.78 is 0. The topological polar surface area (TPSA) is 85.8 Å². The Hall–Kier alpha value is -2.31. The fourth-order valence-corrected chi connectivity index (χ4v) is 2.51. The smallest absolute Gasteiger partial charge is 0.337 e. The number of nitrogens with one attached hydrogen (secondary N) is 1. The molecule has 2 fully saturated rings. The Morgan fingerprint density at radius 2 is 2.26 bits per heavy atom. The minimum atomic E-state index is -0.977. The van der Waals surface area contributed by atoms with Crippen LogP contribution >= 0.6 is 0 Å². The zero-order chi connectivity index (χ0) is 13.4. The van der Waals surface area contributed by atoms with Crippen LogP contribution in [-0.2, 0) is 0 Å². The number of carboxylic acids is 1. The lowest BCUT2D eigenvalue weighted by molar-refractivity contribution is 0.0696. The average molecular weight is 262 g/mol. The summed E-state index contributed by atoms with van der Waals surface area (Å²) in [5.74, 6) is -0.224. The number of carboxylic acid groups (broad SMARTS) is 1. The Balaban J connectivity index is 1.73. The second kappa shape index (κ2) is 4.42. The standard InChI is InChI=1S/C12H14N4O3/c17-11(18)8-1-2-10(13-5-8)15-3-4-16-9(7-15)6-14-12(16)19/h1-2,5,9H,3-4,6-7H2,(H,14,19)(H,17,18). The van der Waals surface area contributed by atoms with Crippen LogP contribution in [0.4, 0.5) is 10.6 Å². The van der Waals surface area contributed by atoms with Gasteiger partial charge in [-0.15, -0.1) is 0 Å². The van der Waals surface area contributed by atoms with Crippen LogP contribution in [0.1, 0.15) is 10.4 Å². The van der Waals surface area contributed by atoms with E-state index in [9.17, 15) is 9.59 Å². The van der Waals surface area contributed by atoms with E-state index in [1.54, 1.807) is 12.1 Å². The summed E-state index contributed by atoms with van der Waals surface area (Å²) in [5.41, 5.74) is 0.181. The van der Waals surface area contributed by atoms with E-state index in [0.29, 0.717) is 19.6 Å². The first-order chi connectivity index (χ1) is 9.15. The molecule has 3 rings (SSSR count). The SMILES string of the molecule is O=C(O)c1ccc(N2CCN3C(=O)NCC3C2)nc1. The molecule has 0 radical (unpaired) electrons. The van der Waals surface area contributed by atoms with E-state index >= 15 is 0 Å². The van der Waals surface area contributed by atoms with Gasteiger partial charge in [0.1, 0.15) is 5.82 Å². The summed E-state index contributed by atoms with van der Waals surface area (Å²) in [6.45, 7) is 2.75.